The summed E-state index contributed by atoms with van der Waals surface area (Å²) >= 11 is 1.61. The van der Waals surface area contributed by atoms with Crippen LogP contribution in [0, 0.1) is 13.8 Å². The summed E-state index contributed by atoms with van der Waals surface area (Å²) in [4.78, 5) is 20.9. The summed E-state index contributed by atoms with van der Waals surface area (Å²) in [5, 5.41) is 4.17. The van der Waals surface area contributed by atoms with E-state index in [1.165, 1.54) is 5.56 Å². The predicted molar refractivity (Wildman–Crippen MR) is 115 cm³/mol. The van der Waals surface area contributed by atoms with Crippen LogP contribution >= 0.6 is 11.3 Å². The van der Waals surface area contributed by atoms with Crippen LogP contribution in [0.1, 0.15) is 35.7 Å². The van der Waals surface area contributed by atoms with Gasteiger partial charge in [0.15, 0.2) is 0 Å². The normalized spacial score (nSPS) is 17.3. The molecular weight excluding hydrogens is 370 g/mol. The minimum absolute atomic E-state index is 0.0388. The number of thiazole rings is 1. The smallest absolute Gasteiger partial charge is 0.225 e. The van der Waals surface area contributed by atoms with Crippen molar-refractivity contribution in [3.05, 3.63) is 39.7 Å². The van der Waals surface area contributed by atoms with E-state index in [0.717, 1.165) is 53.9 Å². The quantitative estimate of drug-likeness (QED) is 0.770. The van der Waals surface area contributed by atoms with Crippen molar-refractivity contribution in [3.8, 4) is 11.3 Å². The molecule has 1 fully saturated rings. The number of carbonyl (C=O) groups excluding carboxylic acids is 1. The van der Waals surface area contributed by atoms with Crippen LogP contribution in [0.4, 0.5) is 0 Å². The van der Waals surface area contributed by atoms with Crippen LogP contribution in [-0.2, 0) is 16.0 Å². The van der Waals surface area contributed by atoms with Crippen molar-refractivity contribution in [1.82, 2.24) is 15.2 Å². The van der Waals surface area contributed by atoms with E-state index >= 15 is 0 Å². The second-order valence-corrected chi connectivity index (χ2v) is 9.06. The van der Waals surface area contributed by atoms with Gasteiger partial charge in [-0.2, -0.15) is 0 Å². The number of nitrogens with one attached hydrogen (secondary N) is 1. The van der Waals surface area contributed by atoms with Crippen molar-refractivity contribution < 1.29 is 9.53 Å². The highest BCUT2D eigenvalue weighted by Gasteiger charge is 2.31. The summed E-state index contributed by atoms with van der Waals surface area (Å²) in [6, 6.07) is 8.33. The molecule has 0 spiro atoms. The monoisotopic (exact) mass is 401 g/mol. The first-order valence-corrected chi connectivity index (χ1v) is 10.9. The molecule has 1 atom stereocenters. The molecule has 28 heavy (non-hydrogen) atoms. The number of aryl methyl sites for hydroxylation is 2. The van der Waals surface area contributed by atoms with Gasteiger partial charge in [-0.05, 0) is 27.2 Å². The number of morpholine rings is 1. The van der Waals surface area contributed by atoms with Crippen LogP contribution in [0.5, 0.6) is 0 Å². The minimum atomic E-state index is -0.0388. The van der Waals surface area contributed by atoms with Gasteiger partial charge in [-0.15, -0.1) is 11.3 Å². The lowest BCUT2D eigenvalue weighted by atomic mass is 9.95. The third kappa shape index (κ3) is 4.99. The molecule has 0 bridgehead atoms. The molecule has 0 radical (unpaired) electrons. The maximum atomic E-state index is 12.7. The summed E-state index contributed by atoms with van der Waals surface area (Å²) in [5.41, 5.74) is 3.19. The molecule has 1 N–H and O–H groups in total. The predicted octanol–water partition coefficient (Wildman–Crippen LogP) is 3.59. The first-order valence-electron chi connectivity index (χ1n) is 10.0. The number of hydrogen-bond acceptors (Lipinski definition) is 5. The molecule has 1 aliphatic rings. The van der Waals surface area contributed by atoms with Gasteiger partial charge in [0.25, 0.3) is 0 Å². The van der Waals surface area contributed by atoms with E-state index in [2.05, 4.69) is 60.2 Å². The van der Waals surface area contributed by atoms with E-state index in [4.69, 9.17) is 4.74 Å². The molecule has 152 valence electrons. The first-order chi connectivity index (χ1) is 13.4. The molecular formula is C22H31N3O2S. The number of amides is 1. The van der Waals surface area contributed by atoms with Gasteiger partial charge in [0.05, 0.1) is 30.3 Å². The van der Waals surface area contributed by atoms with Crippen LogP contribution in [0.25, 0.3) is 11.3 Å². The maximum absolute atomic E-state index is 12.7. The van der Waals surface area contributed by atoms with E-state index in [0.29, 0.717) is 13.0 Å². The van der Waals surface area contributed by atoms with E-state index < -0.39 is 0 Å². The van der Waals surface area contributed by atoms with Gasteiger partial charge in [-0.25, -0.2) is 4.98 Å². The highest BCUT2D eigenvalue weighted by atomic mass is 32.1. The lowest BCUT2D eigenvalue weighted by Crippen LogP contribution is -2.57. The molecule has 1 aromatic heterocycles. The second-order valence-electron chi connectivity index (χ2n) is 7.77. The molecule has 0 saturated carbocycles. The molecule has 1 amide bonds. The third-order valence-corrected chi connectivity index (χ3v) is 6.62. The number of hydrogen-bond donors (Lipinski definition) is 1. The Morgan fingerprint density at radius 1 is 1.25 bits per heavy atom. The zero-order valence-electron chi connectivity index (χ0n) is 17.4. The zero-order chi connectivity index (χ0) is 20.1. The fraction of sp³-hybridized carbons (Fsp3) is 0.545. The molecule has 1 aliphatic heterocycles. The molecule has 5 nitrogen and oxygen atoms in total. The highest BCUT2D eigenvalue weighted by Crippen LogP contribution is 2.29. The molecule has 1 aromatic carbocycles. The summed E-state index contributed by atoms with van der Waals surface area (Å²) < 4.78 is 5.47. The Labute approximate surface area is 172 Å². The van der Waals surface area contributed by atoms with Crippen molar-refractivity contribution in [2.75, 3.05) is 32.8 Å². The number of ether oxygens (including phenoxy) is 1. The van der Waals surface area contributed by atoms with Gasteiger partial charge >= 0.3 is 0 Å². The largest absolute Gasteiger partial charge is 0.379 e. The summed E-state index contributed by atoms with van der Waals surface area (Å²) in [6.07, 6.45) is 1.36. The van der Waals surface area contributed by atoms with Crippen LogP contribution in [0.15, 0.2) is 24.3 Å². The Hall–Kier alpha value is -1.76. The topological polar surface area (TPSA) is 54.5 Å². The average Bonchev–Trinajstić information content (AvgIpc) is 3.07. The summed E-state index contributed by atoms with van der Waals surface area (Å²) in [6.45, 7) is 12.5. The van der Waals surface area contributed by atoms with Crippen molar-refractivity contribution in [2.45, 2.75) is 46.1 Å². The van der Waals surface area contributed by atoms with E-state index in [9.17, 15) is 4.79 Å². The summed E-state index contributed by atoms with van der Waals surface area (Å²) in [7, 11) is 0. The van der Waals surface area contributed by atoms with Gasteiger partial charge in [0.2, 0.25) is 5.91 Å². The maximum Gasteiger partial charge on any atom is 0.225 e. The van der Waals surface area contributed by atoms with Gasteiger partial charge in [-0.1, -0.05) is 36.8 Å². The number of aromatic nitrogens is 1. The van der Waals surface area contributed by atoms with Gasteiger partial charge in [-0.3, -0.25) is 9.69 Å². The van der Waals surface area contributed by atoms with Crippen LogP contribution in [-0.4, -0.2) is 54.2 Å². The lowest BCUT2D eigenvalue weighted by molar-refractivity contribution is -0.121. The lowest BCUT2D eigenvalue weighted by Gasteiger charge is -2.43. The molecule has 6 heteroatoms. The average molecular weight is 402 g/mol. The first kappa shape index (κ1) is 21.0. The fourth-order valence-corrected chi connectivity index (χ4v) is 4.54. The van der Waals surface area contributed by atoms with Crippen molar-refractivity contribution in [2.24, 2.45) is 0 Å². The van der Waals surface area contributed by atoms with Crippen molar-refractivity contribution in [3.63, 3.8) is 0 Å². The minimum Gasteiger partial charge on any atom is -0.379 e. The number of carbonyl (C=O) groups is 1. The van der Waals surface area contributed by atoms with Gasteiger partial charge < -0.3 is 10.1 Å². The Kier molecular flexibility index (Phi) is 6.86. The van der Waals surface area contributed by atoms with E-state index in [-0.39, 0.29) is 11.4 Å². The molecule has 3 rings (SSSR count). The van der Waals surface area contributed by atoms with Crippen molar-refractivity contribution in [1.29, 1.82) is 0 Å². The Balaban J connectivity index is 1.65. The van der Waals surface area contributed by atoms with Crippen LogP contribution in [0.3, 0.4) is 0 Å². The Morgan fingerprint density at radius 3 is 2.57 bits per heavy atom. The highest BCUT2D eigenvalue weighted by molar-refractivity contribution is 7.12. The SMILES string of the molecule is CC[C@](C)(CNC(=O)Cc1sc(C)nc1-c1ccc(C)cc1)N1CCOCC1. The molecule has 0 aliphatic carbocycles. The Bertz CT molecular complexity index is 797. The standard InChI is InChI=1S/C22H31N3O2S/c1-5-22(4,25-10-12-27-13-11-25)15-23-20(26)14-19-21(24-17(3)28-19)18-8-6-16(2)7-9-18/h6-9H,5,10-15H2,1-4H3,(H,23,26)/t22-/m1/s1. The van der Waals surface area contributed by atoms with Crippen molar-refractivity contribution >= 4 is 17.2 Å². The molecule has 2 heterocycles. The van der Waals surface area contributed by atoms with Gasteiger partial charge in [0, 0.05) is 35.6 Å². The number of rotatable bonds is 7. The van der Waals surface area contributed by atoms with Crippen LogP contribution in [0.2, 0.25) is 0 Å². The molecule has 2 aromatic rings. The zero-order valence-corrected chi connectivity index (χ0v) is 18.2. The molecule has 0 unspecified atom stereocenters. The fourth-order valence-electron chi connectivity index (χ4n) is 3.59. The molecule has 1 saturated heterocycles. The van der Waals surface area contributed by atoms with Crippen LogP contribution < -0.4 is 5.32 Å². The third-order valence-electron chi connectivity index (χ3n) is 5.65. The Morgan fingerprint density at radius 2 is 1.93 bits per heavy atom. The summed E-state index contributed by atoms with van der Waals surface area (Å²) in [5.74, 6) is 0.0601. The van der Waals surface area contributed by atoms with Gasteiger partial charge in [0.1, 0.15) is 0 Å². The number of nitrogens with zero attached hydrogens (tertiary/aromatic N) is 2. The second kappa shape index (κ2) is 9.16. The van der Waals surface area contributed by atoms with E-state index in [1.54, 1.807) is 11.3 Å². The number of benzene rings is 1. The van der Waals surface area contributed by atoms with E-state index in [1.807, 2.05) is 6.92 Å².